The Balaban J connectivity index is 1.51. The third-order valence-electron chi connectivity index (χ3n) is 3.08. The van der Waals surface area contributed by atoms with Gasteiger partial charge in [-0.3, -0.25) is 0 Å². The van der Waals surface area contributed by atoms with Crippen molar-refractivity contribution in [3.8, 4) is 11.5 Å². The normalized spacial score (nSPS) is 15.7. The second-order valence-electron chi connectivity index (χ2n) is 4.80. The molecule has 1 aliphatic rings. The molecule has 2 aromatic rings. The lowest BCUT2D eigenvalue weighted by Crippen LogP contribution is -2.34. The van der Waals surface area contributed by atoms with Crippen LogP contribution in [-0.4, -0.2) is 36.8 Å². The molecule has 0 bridgehead atoms. The highest BCUT2D eigenvalue weighted by Crippen LogP contribution is 2.30. The van der Waals surface area contributed by atoms with Gasteiger partial charge in [0.1, 0.15) is 13.2 Å². The van der Waals surface area contributed by atoms with Gasteiger partial charge in [-0.1, -0.05) is 18.2 Å². The summed E-state index contributed by atoms with van der Waals surface area (Å²) in [4.78, 5) is 16.2. The third-order valence-corrected chi connectivity index (χ3v) is 3.88. The molecule has 6 nitrogen and oxygen atoms in total. The molecule has 0 unspecified atom stereocenters. The average molecular weight is 332 g/mol. The number of ether oxygens (including phenoxy) is 3. The van der Waals surface area contributed by atoms with Gasteiger partial charge in [-0.2, -0.15) is 0 Å². The highest BCUT2D eigenvalue weighted by atomic mass is 32.1. The average Bonchev–Trinajstić information content (AvgIpc) is 3.06. The van der Waals surface area contributed by atoms with Crippen LogP contribution >= 0.6 is 11.3 Å². The van der Waals surface area contributed by atoms with Gasteiger partial charge in [0.2, 0.25) is 0 Å². The molecule has 0 aliphatic carbocycles. The molecular weight excluding hydrogens is 316 g/mol. The van der Waals surface area contributed by atoms with Gasteiger partial charge in [-0.05, 0) is 12.1 Å². The third kappa shape index (κ3) is 3.81. The molecule has 23 heavy (non-hydrogen) atoms. The number of aromatic nitrogens is 1. The number of benzene rings is 1. The molecule has 1 N–H and O–H groups in total. The maximum atomic E-state index is 12.0. The summed E-state index contributed by atoms with van der Waals surface area (Å²) < 4.78 is 16.6. The number of para-hydroxylation sites is 2. The van der Waals surface area contributed by atoms with Gasteiger partial charge in [0.25, 0.3) is 0 Å². The summed E-state index contributed by atoms with van der Waals surface area (Å²) in [7, 11) is 0. The lowest BCUT2D eigenvalue weighted by molar-refractivity contribution is 0.0106. The Morgan fingerprint density at radius 3 is 3.13 bits per heavy atom. The predicted octanol–water partition coefficient (Wildman–Crippen LogP) is 2.74. The minimum absolute atomic E-state index is 0.111. The molecule has 1 atom stereocenters. The van der Waals surface area contributed by atoms with Crippen LogP contribution in [0.2, 0.25) is 0 Å². The van der Waals surface area contributed by atoms with E-state index in [0.717, 1.165) is 0 Å². The molecule has 1 aliphatic heterocycles. The summed E-state index contributed by atoms with van der Waals surface area (Å²) in [6, 6.07) is 7.40. The van der Waals surface area contributed by atoms with Crippen molar-refractivity contribution in [2.75, 3.05) is 25.1 Å². The van der Waals surface area contributed by atoms with Crippen LogP contribution in [0.4, 0.5) is 5.13 Å². The van der Waals surface area contributed by atoms with Crippen molar-refractivity contribution in [1.82, 2.24) is 4.98 Å². The van der Waals surface area contributed by atoms with E-state index in [1.807, 2.05) is 24.3 Å². The molecule has 1 aromatic carbocycles. The van der Waals surface area contributed by atoms with Crippen molar-refractivity contribution in [1.29, 1.82) is 0 Å². The molecule has 0 fully saturated rings. The summed E-state index contributed by atoms with van der Waals surface area (Å²) in [5.41, 5.74) is 0.277. The zero-order chi connectivity index (χ0) is 16.1. The Morgan fingerprint density at radius 2 is 2.30 bits per heavy atom. The van der Waals surface area contributed by atoms with E-state index in [0.29, 0.717) is 29.8 Å². The largest absolute Gasteiger partial charge is 0.486 e. The minimum atomic E-state index is -0.477. The van der Waals surface area contributed by atoms with Crippen LogP contribution < -0.4 is 14.8 Å². The van der Waals surface area contributed by atoms with Crippen molar-refractivity contribution >= 4 is 22.4 Å². The summed E-state index contributed by atoms with van der Waals surface area (Å²) in [5, 5.41) is 5.33. The zero-order valence-corrected chi connectivity index (χ0v) is 13.2. The van der Waals surface area contributed by atoms with E-state index in [4.69, 9.17) is 14.2 Å². The van der Waals surface area contributed by atoms with Gasteiger partial charge in [-0.25, -0.2) is 9.78 Å². The first-order valence-corrected chi connectivity index (χ1v) is 8.00. The fourth-order valence-corrected chi connectivity index (χ4v) is 2.69. The quantitative estimate of drug-likeness (QED) is 0.648. The lowest BCUT2D eigenvalue weighted by Gasteiger charge is -2.25. The Labute approximate surface area is 137 Å². The molecule has 0 saturated heterocycles. The smallest absolute Gasteiger partial charge is 0.358 e. The first-order valence-electron chi connectivity index (χ1n) is 7.12. The van der Waals surface area contributed by atoms with Gasteiger partial charge in [-0.15, -0.1) is 17.9 Å². The minimum Gasteiger partial charge on any atom is -0.486 e. The Hall–Kier alpha value is -2.54. The van der Waals surface area contributed by atoms with Crippen LogP contribution in [0, 0.1) is 0 Å². The number of rotatable bonds is 6. The van der Waals surface area contributed by atoms with E-state index >= 15 is 0 Å². The fraction of sp³-hybridized carbons (Fsp3) is 0.250. The lowest BCUT2D eigenvalue weighted by atomic mass is 10.3. The second-order valence-corrected chi connectivity index (χ2v) is 5.66. The molecule has 0 spiro atoms. The van der Waals surface area contributed by atoms with Gasteiger partial charge in [0.05, 0.1) is 0 Å². The van der Waals surface area contributed by atoms with E-state index in [-0.39, 0.29) is 18.4 Å². The van der Waals surface area contributed by atoms with Crippen molar-refractivity contribution in [3.63, 3.8) is 0 Å². The van der Waals surface area contributed by atoms with E-state index < -0.39 is 5.97 Å². The van der Waals surface area contributed by atoms with Crippen LogP contribution in [0.3, 0.4) is 0 Å². The van der Waals surface area contributed by atoms with E-state index in [2.05, 4.69) is 16.9 Å². The number of esters is 1. The monoisotopic (exact) mass is 332 g/mol. The van der Waals surface area contributed by atoms with Crippen LogP contribution in [0.15, 0.2) is 42.3 Å². The number of nitrogens with one attached hydrogen (secondary N) is 1. The Morgan fingerprint density at radius 1 is 1.48 bits per heavy atom. The maximum absolute atomic E-state index is 12.0. The molecule has 2 heterocycles. The number of carbonyl (C=O) groups excluding carboxylic acids is 1. The number of fused-ring (bicyclic) bond motifs is 1. The van der Waals surface area contributed by atoms with Crippen LogP contribution in [-0.2, 0) is 4.74 Å². The number of anilines is 1. The number of carbonyl (C=O) groups is 1. The number of thiazole rings is 1. The van der Waals surface area contributed by atoms with E-state index in [9.17, 15) is 4.79 Å². The molecule has 1 aromatic heterocycles. The molecule has 7 heteroatoms. The van der Waals surface area contributed by atoms with E-state index in [1.165, 1.54) is 11.3 Å². The molecule has 0 amide bonds. The molecule has 0 radical (unpaired) electrons. The van der Waals surface area contributed by atoms with Crippen LogP contribution in [0.5, 0.6) is 11.5 Å². The Bertz CT molecular complexity index is 701. The molecule has 3 rings (SSSR count). The number of hydrogen-bond acceptors (Lipinski definition) is 7. The zero-order valence-electron chi connectivity index (χ0n) is 12.4. The van der Waals surface area contributed by atoms with Crippen molar-refractivity contribution in [2.24, 2.45) is 0 Å². The summed E-state index contributed by atoms with van der Waals surface area (Å²) >= 11 is 1.34. The highest BCUT2D eigenvalue weighted by Gasteiger charge is 2.23. The molecule has 0 saturated carbocycles. The van der Waals surface area contributed by atoms with Crippen molar-refractivity contribution in [2.45, 2.75) is 6.10 Å². The van der Waals surface area contributed by atoms with E-state index in [1.54, 1.807) is 11.5 Å². The van der Waals surface area contributed by atoms with Gasteiger partial charge >= 0.3 is 5.97 Å². The number of nitrogens with zero attached hydrogens (tertiary/aromatic N) is 1. The highest BCUT2D eigenvalue weighted by molar-refractivity contribution is 7.13. The van der Waals surface area contributed by atoms with Gasteiger partial charge in [0, 0.05) is 11.9 Å². The number of hydrogen-bond donors (Lipinski definition) is 1. The van der Waals surface area contributed by atoms with Crippen LogP contribution in [0.25, 0.3) is 0 Å². The maximum Gasteiger partial charge on any atom is 0.358 e. The summed E-state index contributed by atoms with van der Waals surface area (Å²) in [6.07, 6.45) is 1.39. The van der Waals surface area contributed by atoms with Gasteiger partial charge < -0.3 is 19.5 Å². The second kappa shape index (κ2) is 7.15. The summed E-state index contributed by atoms with van der Waals surface area (Å²) in [6.45, 7) is 4.66. The van der Waals surface area contributed by atoms with Crippen molar-refractivity contribution < 1.29 is 19.0 Å². The Kier molecular flexibility index (Phi) is 4.77. The first kappa shape index (κ1) is 15.4. The van der Waals surface area contributed by atoms with Crippen molar-refractivity contribution in [3.05, 3.63) is 48.0 Å². The summed E-state index contributed by atoms with van der Waals surface area (Å²) in [5.74, 6) is 0.882. The first-order chi connectivity index (χ1) is 11.3. The molecule has 120 valence electrons. The van der Waals surface area contributed by atoms with Gasteiger partial charge in [0.15, 0.2) is 28.4 Å². The SMILES string of the molecule is C=CCNc1nc(C(=O)OC[C@@H]2COc3ccccc3O2)cs1. The fourth-order valence-electron chi connectivity index (χ4n) is 2.00. The van der Waals surface area contributed by atoms with Crippen LogP contribution in [0.1, 0.15) is 10.5 Å². The topological polar surface area (TPSA) is 69.7 Å². The molecular formula is C16H16N2O4S. The predicted molar refractivity (Wildman–Crippen MR) is 87.4 cm³/mol. The standard InChI is InChI=1S/C16H16N2O4S/c1-2-7-17-16-18-12(10-23-16)15(19)21-9-11-8-20-13-5-3-4-6-14(13)22-11/h2-6,10-11H,1,7-9H2,(H,17,18)/t11-/m0/s1.